The number of hydrogen-bond donors (Lipinski definition) is 4. The van der Waals surface area contributed by atoms with Crippen molar-refractivity contribution in [2.24, 2.45) is 0 Å². The minimum absolute atomic E-state index is 0.0359. The van der Waals surface area contributed by atoms with Crippen LogP contribution in [-0.4, -0.2) is 113 Å². The summed E-state index contributed by atoms with van der Waals surface area (Å²) in [6, 6.07) is 0. The van der Waals surface area contributed by atoms with Crippen molar-refractivity contribution < 1.29 is 44.1 Å². The van der Waals surface area contributed by atoms with Crippen molar-refractivity contribution in [1.82, 2.24) is 0 Å². The number of aliphatic hydroxyl groups is 4. The Morgan fingerprint density at radius 3 is 0.696 bits per heavy atom. The summed E-state index contributed by atoms with van der Waals surface area (Å²) in [7, 11) is 0. The molecule has 0 bridgehead atoms. The highest BCUT2D eigenvalue weighted by Gasteiger charge is 1.92. The van der Waals surface area contributed by atoms with Crippen molar-refractivity contribution in [2.75, 3.05) is 92.5 Å². The summed E-state index contributed by atoms with van der Waals surface area (Å²) in [6.07, 6.45) is 0. The molecule has 9 nitrogen and oxygen atoms in total. The molecule has 0 aliphatic rings. The third kappa shape index (κ3) is 30.1. The van der Waals surface area contributed by atoms with Crippen LogP contribution in [0.4, 0.5) is 0 Å². The third-order valence-corrected chi connectivity index (χ3v) is 2.06. The Labute approximate surface area is 137 Å². The first-order valence-corrected chi connectivity index (χ1v) is 7.65. The van der Waals surface area contributed by atoms with Gasteiger partial charge in [0.15, 0.2) is 0 Å². The first-order valence-electron chi connectivity index (χ1n) is 7.65. The van der Waals surface area contributed by atoms with Gasteiger partial charge in [-0.25, -0.2) is 0 Å². The van der Waals surface area contributed by atoms with E-state index >= 15 is 0 Å². The zero-order valence-corrected chi connectivity index (χ0v) is 13.7. The van der Waals surface area contributed by atoms with Crippen LogP contribution in [0.1, 0.15) is 0 Å². The molecule has 0 unspecified atom stereocenters. The van der Waals surface area contributed by atoms with E-state index in [4.69, 9.17) is 44.1 Å². The van der Waals surface area contributed by atoms with Crippen LogP contribution in [0.15, 0.2) is 0 Å². The van der Waals surface area contributed by atoms with Crippen LogP contribution in [0.5, 0.6) is 0 Å². The summed E-state index contributed by atoms with van der Waals surface area (Å²) in [5, 5.41) is 32.2. The summed E-state index contributed by atoms with van der Waals surface area (Å²) in [6.45, 7) is 4.55. The molecule has 4 N–H and O–H groups in total. The molecule has 0 radical (unpaired) electrons. The normalized spacial score (nSPS) is 10.4. The lowest BCUT2D eigenvalue weighted by Crippen LogP contribution is -2.14. The van der Waals surface area contributed by atoms with Crippen LogP contribution in [0.25, 0.3) is 0 Å². The van der Waals surface area contributed by atoms with Gasteiger partial charge >= 0.3 is 0 Å². The van der Waals surface area contributed by atoms with Gasteiger partial charge in [-0.2, -0.15) is 0 Å². The van der Waals surface area contributed by atoms with Gasteiger partial charge in [-0.3, -0.25) is 0 Å². The maximum absolute atomic E-state index is 8.45. The molecule has 0 heterocycles. The number of rotatable bonds is 17. The lowest BCUT2D eigenvalue weighted by Gasteiger charge is -2.07. The quantitative estimate of drug-likeness (QED) is 0.222. The maximum Gasteiger partial charge on any atom is 0.0701 e. The molecule has 0 aromatic carbocycles. The summed E-state index contributed by atoms with van der Waals surface area (Å²) in [5.41, 5.74) is 0. The summed E-state index contributed by atoms with van der Waals surface area (Å²) in [4.78, 5) is 0. The molecular weight excluding hydrogens is 312 g/mol. The molecule has 0 aromatic heterocycles. The SMILES string of the molecule is OCCO.OCCOCCOCCOCCOCCOCCO. The van der Waals surface area contributed by atoms with Crippen molar-refractivity contribution in [3.63, 3.8) is 0 Å². The highest BCUT2D eigenvalue weighted by Crippen LogP contribution is 1.83. The second kappa shape index (κ2) is 26.5. The third-order valence-electron chi connectivity index (χ3n) is 2.06. The summed E-state index contributed by atoms with van der Waals surface area (Å²) >= 11 is 0. The van der Waals surface area contributed by atoms with Gasteiger partial charge in [-0.15, -0.1) is 0 Å². The van der Waals surface area contributed by atoms with Crippen molar-refractivity contribution in [2.45, 2.75) is 0 Å². The maximum atomic E-state index is 8.45. The summed E-state index contributed by atoms with van der Waals surface area (Å²) < 4.78 is 25.8. The second-order valence-corrected chi connectivity index (χ2v) is 3.96. The van der Waals surface area contributed by atoms with Crippen molar-refractivity contribution in [3.8, 4) is 0 Å². The number of aliphatic hydroxyl groups excluding tert-OH is 4. The van der Waals surface area contributed by atoms with Gasteiger partial charge in [-0.05, 0) is 0 Å². The van der Waals surface area contributed by atoms with E-state index in [0.29, 0.717) is 66.1 Å². The molecule has 0 rings (SSSR count). The molecule has 23 heavy (non-hydrogen) atoms. The molecule has 0 amide bonds. The Morgan fingerprint density at radius 1 is 0.304 bits per heavy atom. The molecule has 0 fully saturated rings. The lowest BCUT2D eigenvalue weighted by molar-refractivity contribution is -0.0151. The molecule has 0 aliphatic carbocycles. The lowest BCUT2D eigenvalue weighted by atomic mass is 10.7. The van der Waals surface area contributed by atoms with E-state index in [-0.39, 0.29) is 26.4 Å². The van der Waals surface area contributed by atoms with Crippen LogP contribution >= 0.6 is 0 Å². The van der Waals surface area contributed by atoms with Gasteiger partial charge in [0.1, 0.15) is 0 Å². The Morgan fingerprint density at radius 2 is 0.522 bits per heavy atom. The predicted molar refractivity (Wildman–Crippen MR) is 82.4 cm³/mol. The molecule has 0 aliphatic heterocycles. The van der Waals surface area contributed by atoms with E-state index in [1.165, 1.54) is 0 Å². The minimum atomic E-state index is -0.125. The van der Waals surface area contributed by atoms with Gasteiger partial charge in [0.2, 0.25) is 0 Å². The zero-order valence-electron chi connectivity index (χ0n) is 13.7. The second-order valence-electron chi connectivity index (χ2n) is 3.96. The predicted octanol–water partition coefficient (Wildman–Crippen LogP) is -1.97. The van der Waals surface area contributed by atoms with Crippen LogP contribution in [0, 0.1) is 0 Å². The molecule has 0 spiro atoms. The molecule has 0 aromatic rings. The van der Waals surface area contributed by atoms with E-state index < -0.39 is 0 Å². The molecule has 142 valence electrons. The minimum Gasteiger partial charge on any atom is -0.394 e. The highest BCUT2D eigenvalue weighted by atomic mass is 16.6. The highest BCUT2D eigenvalue weighted by molar-refractivity contribution is 4.35. The monoisotopic (exact) mass is 344 g/mol. The molecule has 9 heteroatoms. The zero-order chi connectivity index (χ0) is 17.4. The molecular formula is C14H32O9. The van der Waals surface area contributed by atoms with E-state index in [1.807, 2.05) is 0 Å². The van der Waals surface area contributed by atoms with Gasteiger partial charge in [-0.1, -0.05) is 0 Å². The number of ether oxygens (including phenoxy) is 5. The van der Waals surface area contributed by atoms with Gasteiger partial charge in [0.25, 0.3) is 0 Å². The molecule has 0 saturated heterocycles. The fraction of sp³-hybridized carbons (Fsp3) is 1.00. The van der Waals surface area contributed by atoms with Gasteiger partial charge in [0, 0.05) is 0 Å². The smallest absolute Gasteiger partial charge is 0.0701 e. The Hall–Kier alpha value is -0.360. The van der Waals surface area contributed by atoms with Crippen LogP contribution in [0.2, 0.25) is 0 Å². The average molecular weight is 344 g/mol. The van der Waals surface area contributed by atoms with Crippen LogP contribution in [-0.2, 0) is 23.7 Å². The topological polar surface area (TPSA) is 127 Å². The number of hydrogen-bond acceptors (Lipinski definition) is 9. The standard InChI is InChI=1S/C12H26O7.C2H6O2/c13-1-3-15-5-7-17-9-11-19-12-10-18-8-6-16-4-2-14;3-1-2-4/h13-14H,1-12H2;3-4H,1-2H2. The van der Waals surface area contributed by atoms with E-state index in [2.05, 4.69) is 0 Å². The Balaban J connectivity index is 0. The van der Waals surface area contributed by atoms with E-state index in [1.54, 1.807) is 0 Å². The first-order chi connectivity index (χ1) is 11.3. The Kier molecular flexibility index (Phi) is 28.7. The summed E-state index contributed by atoms with van der Waals surface area (Å²) in [5.74, 6) is 0. The van der Waals surface area contributed by atoms with E-state index in [0.717, 1.165) is 0 Å². The van der Waals surface area contributed by atoms with Crippen molar-refractivity contribution >= 4 is 0 Å². The fourth-order valence-electron chi connectivity index (χ4n) is 1.11. The fourth-order valence-corrected chi connectivity index (χ4v) is 1.11. The molecule has 0 saturated carbocycles. The van der Waals surface area contributed by atoms with Crippen LogP contribution < -0.4 is 0 Å². The largest absolute Gasteiger partial charge is 0.394 e. The molecule has 0 atom stereocenters. The van der Waals surface area contributed by atoms with Gasteiger partial charge < -0.3 is 44.1 Å². The van der Waals surface area contributed by atoms with E-state index in [9.17, 15) is 0 Å². The Bertz CT molecular complexity index is 166. The van der Waals surface area contributed by atoms with Crippen LogP contribution in [0.3, 0.4) is 0 Å². The van der Waals surface area contributed by atoms with Crippen molar-refractivity contribution in [1.29, 1.82) is 0 Å². The average Bonchev–Trinajstić information content (AvgIpc) is 2.58. The first kappa shape index (κ1) is 24.9. The van der Waals surface area contributed by atoms with Gasteiger partial charge in [0.05, 0.1) is 92.5 Å². The van der Waals surface area contributed by atoms with Crippen molar-refractivity contribution in [3.05, 3.63) is 0 Å².